The van der Waals surface area contributed by atoms with Gasteiger partial charge in [0.15, 0.2) is 5.15 Å². The van der Waals surface area contributed by atoms with E-state index in [0.717, 1.165) is 57.4 Å². The van der Waals surface area contributed by atoms with Crippen molar-refractivity contribution in [2.24, 2.45) is 11.8 Å². The van der Waals surface area contributed by atoms with Crippen LogP contribution in [0.2, 0.25) is 10.2 Å². The molecule has 3 saturated heterocycles. The SMILES string of the molecule is C[C@@H]1CCC[C@H](n2cnc(-c3cc(Cl)ccc3-n3cc(Cl)nn3)cc2=O)C2CC(CCN2)C2NN(c3cccnc3)CC2NC1. The molecule has 3 N–H and O–H groups in total. The van der Waals surface area contributed by atoms with Crippen LogP contribution in [0.15, 0.2) is 66.1 Å². The zero-order chi connectivity index (χ0) is 30.9. The zero-order valence-corrected chi connectivity index (χ0v) is 26.7. The molecular formula is C32H38Cl2N10O. The van der Waals surface area contributed by atoms with Crippen molar-refractivity contribution in [2.45, 2.75) is 63.2 Å². The number of hydrogen-bond donors (Lipinski definition) is 3. The Balaban J connectivity index is 1.18. The molecule has 0 radical (unpaired) electrons. The van der Waals surface area contributed by atoms with E-state index in [9.17, 15) is 4.79 Å². The Morgan fingerprint density at radius 2 is 1.96 bits per heavy atom. The number of fused-ring (bicyclic) bond motifs is 4. The van der Waals surface area contributed by atoms with Crippen LogP contribution in [0.3, 0.4) is 0 Å². The van der Waals surface area contributed by atoms with Crippen molar-refractivity contribution < 1.29 is 0 Å². The van der Waals surface area contributed by atoms with E-state index in [-0.39, 0.29) is 28.8 Å². The molecule has 45 heavy (non-hydrogen) atoms. The van der Waals surface area contributed by atoms with Crippen molar-refractivity contribution in [3.8, 4) is 16.9 Å². The summed E-state index contributed by atoms with van der Waals surface area (Å²) in [6.45, 7) is 5.08. The largest absolute Gasteiger partial charge is 0.312 e. The van der Waals surface area contributed by atoms with Crippen LogP contribution in [0.5, 0.6) is 0 Å². The number of hydrazine groups is 1. The first kappa shape index (κ1) is 30.3. The lowest BCUT2D eigenvalue weighted by Gasteiger charge is -2.40. The van der Waals surface area contributed by atoms with Crippen molar-refractivity contribution in [1.82, 2.24) is 45.6 Å². The molecule has 11 nitrogen and oxygen atoms in total. The van der Waals surface area contributed by atoms with Gasteiger partial charge in [0.05, 0.1) is 48.4 Å². The number of rotatable bonds is 4. The third-order valence-electron chi connectivity index (χ3n) is 9.59. The van der Waals surface area contributed by atoms with Crippen LogP contribution in [0, 0.1) is 11.8 Å². The van der Waals surface area contributed by atoms with E-state index < -0.39 is 0 Å². The van der Waals surface area contributed by atoms with Gasteiger partial charge >= 0.3 is 0 Å². The monoisotopic (exact) mass is 648 g/mol. The Labute approximate surface area is 272 Å². The Morgan fingerprint density at radius 3 is 2.76 bits per heavy atom. The number of hydrogen-bond acceptors (Lipinski definition) is 9. The summed E-state index contributed by atoms with van der Waals surface area (Å²) in [6, 6.07) is 11.8. The third-order valence-corrected chi connectivity index (χ3v) is 10.00. The van der Waals surface area contributed by atoms with Crippen LogP contribution in [-0.4, -0.2) is 67.3 Å². The average Bonchev–Trinajstić information content (AvgIpc) is 3.69. The molecule has 0 spiro atoms. The van der Waals surface area contributed by atoms with E-state index >= 15 is 0 Å². The van der Waals surface area contributed by atoms with Gasteiger partial charge in [-0.1, -0.05) is 41.8 Å². The molecular weight excluding hydrogens is 611 g/mol. The summed E-state index contributed by atoms with van der Waals surface area (Å²) in [7, 11) is 0. The molecule has 0 amide bonds. The molecule has 3 aliphatic heterocycles. The zero-order valence-electron chi connectivity index (χ0n) is 25.2. The van der Waals surface area contributed by atoms with Gasteiger partial charge in [0.1, 0.15) is 0 Å². The first-order chi connectivity index (χ1) is 21.9. The first-order valence-corrected chi connectivity index (χ1v) is 16.6. The lowest BCUT2D eigenvalue weighted by Crippen LogP contribution is -2.54. The fourth-order valence-corrected chi connectivity index (χ4v) is 7.60. The molecule has 0 saturated carbocycles. The molecule has 236 valence electrons. The molecule has 3 aromatic heterocycles. The van der Waals surface area contributed by atoms with Crippen molar-refractivity contribution in [3.63, 3.8) is 0 Å². The van der Waals surface area contributed by atoms with Gasteiger partial charge in [0.2, 0.25) is 0 Å². The maximum absolute atomic E-state index is 13.9. The van der Waals surface area contributed by atoms with Crippen molar-refractivity contribution in [2.75, 3.05) is 24.6 Å². The van der Waals surface area contributed by atoms with Gasteiger partial charge in [-0.3, -0.25) is 14.3 Å². The average molecular weight is 650 g/mol. The van der Waals surface area contributed by atoms with E-state index in [4.69, 9.17) is 28.2 Å². The van der Waals surface area contributed by atoms with Crippen LogP contribution in [0.4, 0.5) is 5.69 Å². The predicted octanol–water partition coefficient (Wildman–Crippen LogP) is 4.27. The standard InChI is InChI=1S/C32H38Cl2N10O/c1-20-4-2-6-29(26-12-21(9-11-36-26)32-27(37-15-20)17-43(40-32)23-5-3-10-35-16-23)42-19-38-25(14-31(42)45)24-13-22(33)7-8-28(24)44-18-30(34)39-41-44/h3,5,7-8,10,13-14,16,18-21,26-27,29,32,36-37,40H,2,4,6,9,11-12,15,17H2,1H3/t20-,21?,26?,27?,29+,32?/m1/s1. The summed E-state index contributed by atoms with van der Waals surface area (Å²) in [5, 5.41) is 18.8. The molecule has 3 aliphatic rings. The summed E-state index contributed by atoms with van der Waals surface area (Å²) < 4.78 is 3.41. The Kier molecular flexibility index (Phi) is 8.87. The topological polar surface area (TPSA) is 118 Å². The second-order valence-corrected chi connectivity index (χ2v) is 13.4. The molecule has 4 aromatic rings. The molecule has 1 aromatic carbocycles. The highest BCUT2D eigenvalue weighted by Gasteiger charge is 2.41. The lowest BCUT2D eigenvalue weighted by molar-refractivity contribution is 0.177. The maximum atomic E-state index is 13.9. The van der Waals surface area contributed by atoms with E-state index in [1.165, 1.54) is 0 Å². The Morgan fingerprint density at radius 1 is 1.04 bits per heavy atom. The van der Waals surface area contributed by atoms with Crippen LogP contribution in [-0.2, 0) is 0 Å². The smallest absolute Gasteiger partial charge is 0.254 e. The maximum Gasteiger partial charge on any atom is 0.254 e. The molecule has 6 atom stereocenters. The number of nitrogens with zero attached hydrogens (tertiary/aromatic N) is 7. The quantitative estimate of drug-likeness (QED) is 0.298. The molecule has 0 aliphatic carbocycles. The lowest BCUT2D eigenvalue weighted by atomic mass is 9.80. The second-order valence-electron chi connectivity index (χ2n) is 12.6. The van der Waals surface area contributed by atoms with Crippen LogP contribution >= 0.6 is 23.2 Å². The highest BCUT2D eigenvalue weighted by Crippen LogP contribution is 2.34. The van der Waals surface area contributed by atoms with E-state index in [1.54, 1.807) is 35.4 Å². The normalized spacial score (nSPS) is 27.4. The summed E-state index contributed by atoms with van der Waals surface area (Å²) in [5.41, 5.74) is 6.73. The number of anilines is 1. The summed E-state index contributed by atoms with van der Waals surface area (Å²) in [4.78, 5) is 23.1. The third kappa shape index (κ3) is 6.50. The summed E-state index contributed by atoms with van der Waals surface area (Å²) >= 11 is 12.4. The van der Waals surface area contributed by atoms with Gasteiger partial charge in [-0.25, -0.2) is 15.1 Å². The minimum absolute atomic E-state index is 0.0105. The van der Waals surface area contributed by atoms with Crippen molar-refractivity contribution in [1.29, 1.82) is 0 Å². The van der Waals surface area contributed by atoms with Gasteiger partial charge in [-0.05, 0) is 80.9 Å². The second kappa shape index (κ2) is 13.2. The minimum Gasteiger partial charge on any atom is -0.312 e. The van der Waals surface area contributed by atoms with E-state index in [2.05, 4.69) is 49.4 Å². The first-order valence-electron chi connectivity index (χ1n) is 15.8. The number of halogens is 2. The highest BCUT2D eigenvalue weighted by atomic mass is 35.5. The number of piperidine rings is 1. The van der Waals surface area contributed by atoms with Gasteiger partial charge in [0, 0.05) is 41.0 Å². The Bertz CT molecular complexity index is 1680. The molecule has 13 heteroatoms. The molecule has 2 bridgehead atoms. The van der Waals surface area contributed by atoms with Gasteiger partial charge in [-0.2, -0.15) is 0 Å². The Hall–Kier alpha value is -3.35. The number of aromatic nitrogens is 6. The molecule has 7 rings (SSSR count). The predicted molar refractivity (Wildman–Crippen MR) is 176 cm³/mol. The highest BCUT2D eigenvalue weighted by molar-refractivity contribution is 6.31. The number of benzene rings is 1. The van der Waals surface area contributed by atoms with Gasteiger partial charge in [0.25, 0.3) is 5.56 Å². The number of pyridine rings is 1. The molecule has 3 fully saturated rings. The van der Waals surface area contributed by atoms with Crippen molar-refractivity contribution in [3.05, 3.63) is 81.8 Å². The summed E-state index contributed by atoms with van der Waals surface area (Å²) in [5.74, 6) is 0.967. The van der Waals surface area contributed by atoms with Gasteiger partial charge < -0.3 is 15.6 Å². The van der Waals surface area contributed by atoms with Crippen LogP contribution in [0.1, 0.15) is 45.1 Å². The molecule has 4 unspecified atom stereocenters. The minimum atomic E-state index is -0.0853. The fourth-order valence-electron chi connectivity index (χ4n) is 7.30. The van der Waals surface area contributed by atoms with Crippen molar-refractivity contribution >= 4 is 28.9 Å². The van der Waals surface area contributed by atoms with Crippen LogP contribution < -0.4 is 26.6 Å². The van der Waals surface area contributed by atoms with E-state index in [0.29, 0.717) is 39.8 Å². The van der Waals surface area contributed by atoms with Gasteiger partial charge in [-0.15, -0.1) is 5.10 Å². The summed E-state index contributed by atoms with van der Waals surface area (Å²) in [6.07, 6.45) is 12.1. The number of nitrogens with one attached hydrogen (secondary N) is 3. The van der Waals surface area contributed by atoms with Crippen LogP contribution in [0.25, 0.3) is 16.9 Å². The fraction of sp³-hybridized carbons (Fsp3) is 0.469. The molecule has 6 heterocycles. The van der Waals surface area contributed by atoms with E-state index in [1.807, 2.05) is 29.1 Å².